The van der Waals surface area contributed by atoms with E-state index in [4.69, 9.17) is 22.1 Å². The Kier molecular flexibility index (Phi) is 4.65. The molecule has 0 aromatic carbocycles. The number of ether oxygens (including phenoxy) is 1. The zero-order valence-corrected chi connectivity index (χ0v) is 9.71. The lowest BCUT2D eigenvalue weighted by atomic mass is 10.3. The molecule has 0 aliphatic carbocycles. The minimum Gasteiger partial charge on any atom is -0.396 e. The molecule has 0 aliphatic rings. The number of aromatic nitrogens is 1. The van der Waals surface area contributed by atoms with Crippen molar-refractivity contribution in [2.75, 3.05) is 24.3 Å². The average Bonchev–Trinajstić information content (AvgIpc) is 2.20. The highest BCUT2D eigenvalue weighted by Gasteiger charge is 2.06. The second-order valence-electron chi connectivity index (χ2n) is 3.28. The Labute approximate surface area is 94.8 Å². The van der Waals surface area contributed by atoms with Gasteiger partial charge in [0.2, 0.25) is 0 Å². The van der Waals surface area contributed by atoms with Gasteiger partial charge in [-0.05, 0) is 26.0 Å². The summed E-state index contributed by atoms with van der Waals surface area (Å²) in [5.41, 5.74) is 6.33. The van der Waals surface area contributed by atoms with Crippen LogP contribution in [0, 0.1) is 0 Å². The van der Waals surface area contributed by atoms with E-state index in [2.05, 4.69) is 10.3 Å². The number of pyridine rings is 1. The van der Waals surface area contributed by atoms with Crippen molar-refractivity contribution in [1.29, 1.82) is 0 Å². The van der Waals surface area contributed by atoms with E-state index in [0.717, 1.165) is 0 Å². The number of nitrogens with two attached hydrogens (primary N) is 1. The van der Waals surface area contributed by atoms with Crippen LogP contribution in [0.3, 0.4) is 0 Å². The van der Waals surface area contributed by atoms with Crippen molar-refractivity contribution >= 4 is 23.1 Å². The Morgan fingerprint density at radius 1 is 1.60 bits per heavy atom. The van der Waals surface area contributed by atoms with E-state index in [1.54, 1.807) is 12.1 Å². The smallest absolute Gasteiger partial charge is 0.151 e. The fourth-order valence-electron chi connectivity index (χ4n) is 1.13. The predicted octanol–water partition coefficient (Wildman–Crippen LogP) is 2.15. The van der Waals surface area contributed by atoms with Crippen molar-refractivity contribution in [3.63, 3.8) is 0 Å². The van der Waals surface area contributed by atoms with Crippen LogP contribution in [-0.2, 0) is 4.74 Å². The van der Waals surface area contributed by atoms with Gasteiger partial charge in [-0.3, -0.25) is 0 Å². The Hall–Kier alpha value is -1.00. The Morgan fingerprint density at radius 2 is 2.33 bits per heavy atom. The van der Waals surface area contributed by atoms with Crippen LogP contribution < -0.4 is 11.1 Å². The van der Waals surface area contributed by atoms with E-state index < -0.39 is 0 Å². The van der Waals surface area contributed by atoms with Crippen molar-refractivity contribution in [3.05, 3.63) is 17.3 Å². The molecule has 1 heterocycles. The third-order valence-corrected chi connectivity index (χ3v) is 2.06. The van der Waals surface area contributed by atoms with Gasteiger partial charge in [-0.15, -0.1) is 0 Å². The molecule has 1 unspecified atom stereocenters. The van der Waals surface area contributed by atoms with Crippen LogP contribution in [-0.4, -0.2) is 24.2 Å². The zero-order valence-electron chi connectivity index (χ0n) is 8.96. The molecular formula is C10H16ClN3O. The van der Waals surface area contributed by atoms with Crippen LogP contribution in [0.25, 0.3) is 0 Å². The molecule has 0 saturated carbocycles. The summed E-state index contributed by atoms with van der Waals surface area (Å²) in [5, 5.41) is 3.57. The number of rotatable bonds is 5. The van der Waals surface area contributed by atoms with Gasteiger partial charge < -0.3 is 15.8 Å². The molecule has 0 spiro atoms. The van der Waals surface area contributed by atoms with Crippen LogP contribution in [0.5, 0.6) is 0 Å². The molecule has 0 aliphatic heterocycles. The summed E-state index contributed by atoms with van der Waals surface area (Å²) in [6, 6.07) is 3.54. The first-order valence-electron chi connectivity index (χ1n) is 4.89. The molecule has 4 nitrogen and oxygen atoms in total. The van der Waals surface area contributed by atoms with Gasteiger partial charge in [0, 0.05) is 12.6 Å². The highest BCUT2D eigenvalue weighted by molar-refractivity contribution is 6.29. The Bertz CT molecular complexity index is 320. The second-order valence-corrected chi connectivity index (χ2v) is 3.66. The fraction of sp³-hybridized carbons (Fsp3) is 0.500. The summed E-state index contributed by atoms with van der Waals surface area (Å²) in [4.78, 5) is 4.09. The lowest BCUT2D eigenvalue weighted by Gasteiger charge is -2.15. The summed E-state index contributed by atoms with van der Waals surface area (Å²) in [6.07, 6.45) is 0. The fourth-order valence-corrected chi connectivity index (χ4v) is 1.28. The average molecular weight is 230 g/mol. The standard InChI is InChI=1S/C10H16ClN3O/c1-3-15-6-7(2)13-10-8(12)4-5-9(11)14-10/h4-5,7H,3,6,12H2,1-2H3,(H,13,14). The highest BCUT2D eigenvalue weighted by atomic mass is 35.5. The number of halogens is 1. The van der Waals surface area contributed by atoms with E-state index in [1.807, 2.05) is 13.8 Å². The number of nitrogen functional groups attached to an aromatic ring is 1. The first kappa shape index (κ1) is 12.1. The van der Waals surface area contributed by atoms with Gasteiger partial charge in [-0.2, -0.15) is 0 Å². The molecule has 3 N–H and O–H groups in total. The Morgan fingerprint density at radius 3 is 3.00 bits per heavy atom. The normalized spacial score (nSPS) is 12.5. The Balaban J connectivity index is 2.59. The summed E-state index contributed by atoms with van der Waals surface area (Å²) in [5.74, 6) is 0.606. The molecule has 5 heteroatoms. The third-order valence-electron chi connectivity index (χ3n) is 1.85. The lowest BCUT2D eigenvalue weighted by molar-refractivity contribution is 0.141. The van der Waals surface area contributed by atoms with Crippen LogP contribution >= 0.6 is 11.6 Å². The van der Waals surface area contributed by atoms with Gasteiger partial charge in [0.05, 0.1) is 12.3 Å². The van der Waals surface area contributed by atoms with E-state index in [-0.39, 0.29) is 6.04 Å². The predicted molar refractivity (Wildman–Crippen MR) is 63.2 cm³/mol. The minimum absolute atomic E-state index is 0.151. The number of hydrogen-bond acceptors (Lipinski definition) is 4. The molecule has 0 radical (unpaired) electrons. The SMILES string of the molecule is CCOCC(C)Nc1nc(Cl)ccc1N. The van der Waals surface area contributed by atoms with Crippen molar-refractivity contribution in [1.82, 2.24) is 4.98 Å². The number of hydrogen-bond donors (Lipinski definition) is 2. The van der Waals surface area contributed by atoms with Gasteiger partial charge in [-0.1, -0.05) is 11.6 Å². The molecule has 84 valence electrons. The molecule has 1 atom stereocenters. The molecule has 0 bridgehead atoms. The van der Waals surface area contributed by atoms with Gasteiger partial charge >= 0.3 is 0 Å². The van der Waals surface area contributed by atoms with E-state index in [9.17, 15) is 0 Å². The monoisotopic (exact) mass is 229 g/mol. The van der Waals surface area contributed by atoms with E-state index >= 15 is 0 Å². The van der Waals surface area contributed by atoms with Crippen molar-refractivity contribution in [3.8, 4) is 0 Å². The van der Waals surface area contributed by atoms with Crippen molar-refractivity contribution < 1.29 is 4.74 Å². The topological polar surface area (TPSA) is 60.2 Å². The molecule has 0 amide bonds. The van der Waals surface area contributed by atoms with Crippen molar-refractivity contribution in [2.24, 2.45) is 0 Å². The number of nitrogens with zero attached hydrogens (tertiary/aromatic N) is 1. The first-order chi connectivity index (χ1) is 7.13. The number of nitrogens with one attached hydrogen (secondary N) is 1. The largest absolute Gasteiger partial charge is 0.396 e. The van der Waals surface area contributed by atoms with Crippen LogP contribution in [0.2, 0.25) is 5.15 Å². The van der Waals surface area contributed by atoms with E-state index in [0.29, 0.717) is 29.9 Å². The van der Waals surface area contributed by atoms with Crippen LogP contribution in [0.1, 0.15) is 13.8 Å². The molecule has 1 aromatic rings. The molecule has 0 fully saturated rings. The summed E-state index contributed by atoms with van der Waals surface area (Å²) in [7, 11) is 0. The van der Waals surface area contributed by atoms with Crippen LogP contribution in [0.15, 0.2) is 12.1 Å². The molecule has 15 heavy (non-hydrogen) atoms. The highest BCUT2D eigenvalue weighted by Crippen LogP contribution is 2.18. The summed E-state index contributed by atoms with van der Waals surface area (Å²) >= 11 is 5.77. The van der Waals surface area contributed by atoms with Gasteiger partial charge in [0.25, 0.3) is 0 Å². The van der Waals surface area contributed by atoms with Gasteiger partial charge in [-0.25, -0.2) is 4.98 Å². The minimum atomic E-state index is 0.151. The maximum atomic E-state index is 5.77. The quantitative estimate of drug-likeness (QED) is 0.760. The maximum Gasteiger partial charge on any atom is 0.151 e. The third kappa shape index (κ3) is 3.93. The summed E-state index contributed by atoms with van der Waals surface area (Å²) in [6.45, 7) is 5.27. The molecule has 1 rings (SSSR count). The molecule has 0 saturated heterocycles. The first-order valence-corrected chi connectivity index (χ1v) is 5.27. The van der Waals surface area contributed by atoms with E-state index in [1.165, 1.54) is 0 Å². The number of anilines is 2. The zero-order chi connectivity index (χ0) is 11.3. The summed E-state index contributed by atoms with van der Waals surface area (Å²) < 4.78 is 5.27. The second kappa shape index (κ2) is 5.78. The van der Waals surface area contributed by atoms with Gasteiger partial charge in [0.15, 0.2) is 5.82 Å². The maximum absolute atomic E-state index is 5.77. The van der Waals surface area contributed by atoms with Crippen LogP contribution in [0.4, 0.5) is 11.5 Å². The van der Waals surface area contributed by atoms with Gasteiger partial charge in [0.1, 0.15) is 5.15 Å². The molecule has 1 aromatic heterocycles. The molecular weight excluding hydrogens is 214 g/mol. The van der Waals surface area contributed by atoms with Crippen molar-refractivity contribution in [2.45, 2.75) is 19.9 Å². The lowest BCUT2D eigenvalue weighted by Crippen LogP contribution is -2.23.